The van der Waals surface area contributed by atoms with E-state index < -0.39 is 5.82 Å². The van der Waals surface area contributed by atoms with Crippen LogP contribution < -0.4 is 5.56 Å². The number of nitrogens with zero attached hydrogens (tertiary/aromatic N) is 1. The number of H-pyrrole nitrogens is 1. The summed E-state index contributed by atoms with van der Waals surface area (Å²) >= 11 is 3.09. The molecule has 6 heteroatoms. The third-order valence-corrected chi connectivity index (χ3v) is 3.12. The monoisotopic (exact) mass is 298 g/mol. The number of phenolic OH excluding ortho intramolecular Hbond substituents is 1. The Kier molecular flexibility index (Phi) is 2.97. The molecule has 0 saturated heterocycles. The third kappa shape index (κ3) is 2.36. The Morgan fingerprint density at radius 1 is 1.41 bits per heavy atom. The highest BCUT2D eigenvalue weighted by Gasteiger charge is 2.09. The van der Waals surface area contributed by atoms with Gasteiger partial charge in [-0.3, -0.25) is 4.79 Å². The van der Waals surface area contributed by atoms with Gasteiger partial charge in [-0.2, -0.15) is 0 Å². The minimum atomic E-state index is -0.594. The Labute approximate surface area is 104 Å². The number of hydrogen-bond acceptors (Lipinski definition) is 3. The van der Waals surface area contributed by atoms with Crippen molar-refractivity contribution in [3.05, 3.63) is 44.5 Å². The number of nitrogens with one attached hydrogen (secondary N) is 1. The summed E-state index contributed by atoms with van der Waals surface area (Å²) < 4.78 is 13.4. The van der Waals surface area contributed by atoms with Crippen molar-refractivity contribution in [2.45, 2.75) is 6.92 Å². The molecule has 0 fully saturated rings. The SMILES string of the molecule is Cc1nc(-c2cc(O)cc(F)c2)[nH]c(=O)c1Br. The van der Waals surface area contributed by atoms with Crippen LogP contribution in [0.15, 0.2) is 27.5 Å². The van der Waals surface area contributed by atoms with Crippen molar-refractivity contribution >= 4 is 15.9 Å². The molecule has 0 atom stereocenters. The number of phenols is 1. The molecule has 1 heterocycles. The summed E-state index contributed by atoms with van der Waals surface area (Å²) in [7, 11) is 0. The van der Waals surface area contributed by atoms with E-state index in [0.717, 1.165) is 6.07 Å². The van der Waals surface area contributed by atoms with Crippen molar-refractivity contribution in [3.8, 4) is 17.1 Å². The number of aromatic hydroxyl groups is 1. The molecule has 0 unspecified atom stereocenters. The highest BCUT2D eigenvalue weighted by atomic mass is 79.9. The zero-order valence-electron chi connectivity index (χ0n) is 8.79. The van der Waals surface area contributed by atoms with Crippen LogP contribution in [0, 0.1) is 12.7 Å². The molecule has 2 rings (SSSR count). The second-order valence-corrected chi connectivity index (χ2v) is 4.31. The molecule has 17 heavy (non-hydrogen) atoms. The summed E-state index contributed by atoms with van der Waals surface area (Å²) in [6.45, 7) is 1.65. The molecular formula is C11H8BrFN2O2. The van der Waals surface area contributed by atoms with E-state index in [0.29, 0.717) is 15.7 Å². The molecule has 0 spiro atoms. The fourth-order valence-corrected chi connectivity index (χ4v) is 1.61. The van der Waals surface area contributed by atoms with Crippen LogP contribution in [0.4, 0.5) is 4.39 Å². The van der Waals surface area contributed by atoms with Crippen LogP contribution in [0.25, 0.3) is 11.4 Å². The molecule has 88 valence electrons. The summed E-state index contributed by atoms with van der Waals surface area (Å²) in [5, 5.41) is 9.28. The lowest BCUT2D eigenvalue weighted by Gasteiger charge is -2.04. The van der Waals surface area contributed by atoms with E-state index in [4.69, 9.17) is 0 Å². The molecule has 1 aromatic heterocycles. The van der Waals surface area contributed by atoms with Gasteiger partial charge in [0.15, 0.2) is 0 Å². The number of aromatic amines is 1. The second kappa shape index (κ2) is 4.29. The first-order chi connectivity index (χ1) is 7.97. The predicted octanol–water partition coefficient (Wildman–Crippen LogP) is 2.35. The largest absolute Gasteiger partial charge is 0.508 e. The molecule has 0 amide bonds. The van der Waals surface area contributed by atoms with Gasteiger partial charge in [0.05, 0.1) is 5.69 Å². The molecule has 0 saturated carbocycles. The number of aromatic nitrogens is 2. The van der Waals surface area contributed by atoms with E-state index in [1.165, 1.54) is 12.1 Å². The lowest BCUT2D eigenvalue weighted by Crippen LogP contribution is -2.11. The quantitative estimate of drug-likeness (QED) is 0.849. The molecular weight excluding hydrogens is 291 g/mol. The molecule has 2 aromatic rings. The van der Waals surface area contributed by atoms with Crippen LogP contribution >= 0.6 is 15.9 Å². The molecule has 0 aliphatic heterocycles. The minimum absolute atomic E-state index is 0.213. The number of halogens is 2. The standard InChI is InChI=1S/C11H8BrFN2O2/c1-5-9(12)11(17)15-10(14-5)6-2-7(13)4-8(16)3-6/h2-4,16H,1H3,(H,14,15,17). The number of hydrogen-bond donors (Lipinski definition) is 2. The Bertz CT molecular complexity index is 620. The topological polar surface area (TPSA) is 66.0 Å². The summed E-state index contributed by atoms with van der Waals surface area (Å²) in [6.07, 6.45) is 0. The van der Waals surface area contributed by atoms with Crippen molar-refractivity contribution < 1.29 is 9.50 Å². The molecule has 0 aliphatic carbocycles. The van der Waals surface area contributed by atoms with Crippen molar-refractivity contribution in [1.29, 1.82) is 0 Å². The van der Waals surface area contributed by atoms with Gasteiger partial charge in [0.1, 0.15) is 21.9 Å². The third-order valence-electron chi connectivity index (χ3n) is 2.18. The first-order valence-corrected chi connectivity index (χ1v) is 5.53. The summed E-state index contributed by atoms with van der Waals surface area (Å²) in [5.74, 6) is -0.600. The number of rotatable bonds is 1. The lowest BCUT2D eigenvalue weighted by atomic mass is 10.2. The van der Waals surface area contributed by atoms with Crippen molar-refractivity contribution in [1.82, 2.24) is 9.97 Å². The average Bonchev–Trinajstić information content (AvgIpc) is 2.23. The van der Waals surface area contributed by atoms with Gasteiger partial charge in [-0.15, -0.1) is 0 Å². The molecule has 4 nitrogen and oxygen atoms in total. The van der Waals surface area contributed by atoms with Gasteiger partial charge in [-0.25, -0.2) is 9.37 Å². The summed E-state index contributed by atoms with van der Waals surface area (Å²) in [5.41, 5.74) is 0.457. The Hall–Kier alpha value is -1.69. The number of benzene rings is 1. The van der Waals surface area contributed by atoms with Gasteiger partial charge in [0.25, 0.3) is 5.56 Å². The van der Waals surface area contributed by atoms with Crippen molar-refractivity contribution in [2.24, 2.45) is 0 Å². The van der Waals surface area contributed by atoms with Crippen LogP contribution in [0.2, 0.25) is 0 Å². The van der Waals surface area contributed by atoms with Gasteiger partial charge in [-0.1, -0.05) is 0 Å². The van der Waals surface area contributed by atoms with E-state index in [1.54, 1.807) is 6.92 Å². The smallest absolute Gasteiger partial charge is 0.265 e. The minimum Gasteiger partial charge on any atom is -0.508 e. The fourth-order valence-electron chi connectivity index (χ4n) is 1.42. The predicted molar refractivity (Wildman–Crippen MR) is 64.4 cm³/mol. The van der Waals surface area contributed by atoms with E-state index in [2.05, 4.69) is 25.9 Å². The Morgan fingerprint density at radius 2 is 2.12 bits per heavy atom. The molecule has 1 aromatic carbocycles. The van der Waals surface area contributed by atoms with Crippen molar-refractivity contribution in [2.75, 3.05) is 0 Å². The van der Waals surface area contributed by atoms with Gasteiger partial charge in [0, 0.05) is 11.6 Å². The van der Waals surface area contributed by atoms with Gasteiger partial charge >= 0.3 is 0 Å². The van der Waals surface area contributed by atoms with Crippen molar-refractivity contribution in [3.63, 3.8) is 0 Å². The maximum absolute atomic E-state index is 13.1. The highest BCUT2D eigenvalue weighted by Crippen LogP contribution is 2.22. The molecule has 0 aliphatic rings. The van der Waals surface area contributed by atoms with E-state index in [9.17, 15) is 14.3 Å². The Balaban J connectivity index is 2.65. The van der Waals surface area contributed by atoms with Gasteiger partial charge < -0.3 is 10.1 Å². The second-order valence-electron chi connectivity index (χ2n) is 3.51. The maximum Gasteiger partial charge on any atom is 0.265 e. The van der Waals surface area contributed by atoms with E-state index in [1.807, 2.05) is 0 Å². The molecule has 0 radical (unpaired) electrons. The highest BCUT2D eigenvalue weighted by molar-refractivity contribution is 9.10. The normalized spacial score (nSPS) is 10.5. The summed E-state index contributed by atoms with van der Waals surface area (Å²) in [4.78, 5) is 18.1. The van der Waals surface area contributed by atoms with Crippen LogP contribution in [0.1, 0.15) is 5.69 Å². The molecule has 0 bridgehead atoms. The number of aryl methyl sites for hydroxylation is 1. The lowest BCUT2D eigenvalue weighted by molar-refractivity contribution is 0.469. The fraction of sp³-hybridized carbons (Fsp3) is 0.0909. The van der Waals surface area contributed by atoms with Gasteiger partial charge in [-0.05, 0) is 35.0 Å². The van der Waals surface area contributed by atoms with Crippen LogP contribution in [0.3, 0.4) is 0 Å². The molecule has 2 N–H and O–H groups in total. The van der Waals surface area contributed by atoms with Crippen LogP contribution in [-0.2, 0) is 0 Å². The zero-order chi connectivity index (χ0) is 12.6. The van der Waals surface area contributed by atoms with Crippen LogP contribution in [-0.4, -0.2) is 15.1 Å². The average molecular weight is 299 g/mol. The van der Waals surface area contributed by atoms with E-state index >= 15 is 0 Å². The van der Waals surface area contributed by atoms with Crippen LogP contribution in [0.5, 0.6) is 5.75 Å². The van der Waals surface area contributed by atoms with E-state index in [-0.39, 0.29) is 17.1 Å². The zero-order valence-corrected chi connectivity index (χ0v) is 10.4. The van der Waals surface area contributed by atoms with Gasteiger partial charge in [0.2, 0.25) is 0 Å². The maximum atomic E-state index is 13.1. The summed E-state index contributed by atoms with van der Waals surface area (Å²) in [6, 6.07) is 3.49. The first-order valence-electron chi connectivity index (χ1n) is 4.73. The Morgan fingerprint density at radius 3 is 2.71 bits per heavy atom. The first kappa shape index (κ1) is 11.8.